The van der Waals surface area contributed by atoms with Crippen molar-refractivity contribution in [2.24, 2.45) is 0 Å². The van der Waals surface area contributed by atoms with Gasteiger partial charge in [-0.2, -0.15) is 0 Å². The van der Waals surface area contributed by atoms with Crippen LogP contribution < -0.4 is 10.1 Å². The van der Waals surface area contributed by atoms with E-state index in [1.807, 2.05) is 61.7 Å². The number of hydrogen-bond donors (Lipinski definition) is 2. The first-order chi connectivity index (χ1) is 14.1. The largest absolute Gasteiger partial charge is 0.497 e. The summed E-state index contributed by atoms with van der Waals surface area (Å²) in [6, 6.07) is 15.5. The van der Waals surface area contributed by atoms with Crippen molar-refractivity contribution in [3.05, 3.63) is 60.3 Å². The van der Waals surface area contributed by atoms with Crippen LogP contribution in [0.5, 0.6) is 5.75 Å². The van der Waals surface area contributed by atoms with Gasteiger partial charge >= 0.3 is 0 Å². The van der Waals surface area contributed by atoms with Crippen molar-refractivity contribution < 1.29 is 13.9 Å². The van der Waals surface area contributed by atoms with Crippen LogP contribution in [0.15, 0.2) is 64.4 Å². The summed E-state index contributed by atoms with van der Waals surface area (Å²) in [5, 5.41) is 12.1. The number of aromatic amines is 1. The molecule has 0 unspecified atom stereocenters. The second kappa shape index (κ2) is 8.40. The molecule has 1 amide bonds. The molecule has 0 radical (unpaired) electrons. The number of H-pyrrole nitrogens is 1. The third kappa shape index (κ3) is 4.27. The van der Waals surface area contributed by atoms with Crippen molar-refractivity contribution in [1.29, 1.82) is 0 Å². The third-order valence-corrected chi connectivity index (χ3v) is 5.43. The molecule has 29 heavy (non-hydrogen) atoms. The van der Waals surface area contributed by atoms with Gasteiger partial charge in [-0.15, -0.1) is 10.2 Å². The number of para-hydroxylation sites is 1. The molecule has 1 atom stereocenters. The normalized spacial score (nSPS) is 12.1. The van der Waals surface area contributed by atoms with Crippen molar-refractivity contribution >= 4 is 28.6 Å². The van der Waals surface area contributed by atoms with Crippen molar-refractivity contribution in [2.45, 2.75) is 23.9 Å². The number of carbonyl (C=O) groups is 1. The highest BCUT2D eigenvalue weighted by molar-refractivity contribution is 8.00. The van der Waals surface area contributed by atoms with Crippen molar-refractivity contribution in [2.75, 3.05) is 7.11 Å². The molecule has 7 nitrogen and oxygen atoms in total. The van der Waals surface area contributed by atoms with Gasteiger partial charge in [0.25, 0.3) is 11.1 Å². The number of nitrogens with zero attached hydrogens (tertiary/aromatic N) is 2. The number of aromatic nitrogens is 3. The van der Waals surface area contributed by atoms with E-state index >= 15 is 0 Å². The van der Waals surface area contributed by atoms with Gasteiger partial charge in [-0.05, 0) is 30.7 Å². The highest BCUT2D eigenvalue weighted by atomic mass is 32.2. The number of amides is 1. The van der Waals surface area contributed by atoms with E-state index < -0.39 is 0 Å². The minimum Gasteiger partial charge on any atom is -0.497 e. The Hall–Kier alpha value is -3.26. The van der Waals surface area contributed by atoms with Crippen LogP contribution in [0.3, 0.4) is 0 Å². The molecule has 0 aliphatic rings. The molecule has 148 valence electrons. The Labute approximate surface area is 171 Å². The zero-order valence-corrected chi connectivity index (χ0v) is 16.8. The van der Waals surface area contributed by atoms with Gasteiger partial charge < -0.3 is 19.5 Å². The second-order valence-corrected chi connectivity index (χ2v) is 7.74. The van der Waals surface area contributed by atoms with Crippen LogP contribution in [0.4, 0.5) is 0 Å². The topological polar surface area (TPSA) is 93.0 Å². The minimum absolute atomic E-state index is 0.0994. The quantitative estimate of drug-likeness (QED) is 0.449. The zero-order chi connectivity index (χ0) is 20.2. The van der Waals surface area contributed by atoms with Gasteiger partial charge in [0.05, 0.1) is 17.9 Å². The molecule has 0 saturated carbocycles. The van der Waals surface area contributed by atoms with E-state index in [4.69, 9.17) is 9.15 Å². The number of fused-ring (bicyclic) bond motifs is 1. The number of benzene rings is 2. The molecule has 2 N–H and O–H groups in total. The number of methoxy groups -OCH3 is 1. The first-order valence-corrected chi connectivity index (χ1v) is 9.99. The smallest absolute Gasteiger partial charge is 0.277 e. The number of nitrogens with one attached hydrogen (secondary N) is 2. The summed E-state index contributed by atoms with van der Waals surface area (Å²) in [4.78, 5) is 15.6. The lowest BCUT2D eigenvalue weighted by molar-refractivity contribution is -0.120. The molecule has 4 aromatic rings. The summed E-state index contributed by atoms with van der Waals surface area (Å²) >= 11 is 1.23. The molecule has 0 fully saturated rings. The Morgan fingerprint density at radius 1 is 1.21 bits per heavy atom. The monoisotopic (exact) mass is 408 g/mol. The molecule has 0 aliphatic heterocycles. The van der Waals surface area contributed by atoms with E-state index in [0.717, 1.165) is 27.8 Å². The van der Waals surface area contributed by atoms with Gasteiger partial charge in [0, 0.05) is 23.6 Å². The van der Waals surface area contributed by atoms with Crippen LogP contribution in [0.2, 0.25) is 0 Å². The maximum absolute atomic E-state index is 12.4. The van der Waals surface area contributed by atoms with Crippen LogP contribution in [-0.4, -0.2) is 33.4 Å². The van der Waals surface area contributed by atoms with Gasteiger partial charge in [-0.1, -0.05) is 42.1 Å². The Morgan fingerprint density at radius 3 is 2.79 bits per heavy atom. The molecule has 8 heteroatoms. The lowest BCUT2D eigenvalue weighted by Crippen LogP contribution is -2.30. The number of thioether (sulfide) groups is 1. The number of hydrogen-bond acceptors (Lipinski definition) is 6. The molecule has 0 aliphatic carbocycles. The summed E-state index contributed by atoms with van der Waals surface area (Å²) in [6.07, 6.45) is 1.84. The molecule has 2 aromatic carbocycles. The van der Waals surface area contributed by atoms with Crippen molar-refractivity contribution in [3.8, 4) is 17.2 Å². The standard InChI is InChI=1S/C21H20N4O3S/c1-13(19(26)23-11-14-7-9-15(27-2)10-8-14)29-21-25-24-20(28-21)17-12-22-18-6-4-3-5-16(17)18/h3-10,12-13,22H,11H2,1-2H3,(H,23,26)/t13-/m0/s1. The minimum atomic E-state index is -0.371. The van der Waals surface area contributed by atoms with E-state index in [-0.39, 0.29) is 11.2 Å². The average molecular weight is 408 g/mol. The fourth-order valence-electron chi connectivity index (χ4n) is 2.90. The van der Waals surface area contributed by atoms with Gasteiger partial charge in [-0.25, -0.2) is 0 Å². The van der Waals surface area contributed by atoms with Crippen LogP contribution in [0, 0.1) is 0 Å². The first kappa shape index (κ1) is 19.1. The zero-order valence-electron chi connectivity index (χ0n) is 16.0. The highest BCUT2D eigenvalue weighted by Gasteiger charge is 2.19. The molecule has 0 saturated heterocycles. The van der Waals surface area contributed by atoms with E-state index in [9.17, 15) is 4.79 Å². The third-order valence-electron chi connectivity index (χ3n) is 4.50. The Bertz CT molecular complexity index is 1120. The summed E-state index contributed by atoms with van der Waals surface area (Å²) in [7, 11) is 1.62. The summed E-state index contributed by atoms with van der Waals surface area (Å²) in [5.41, 5.74) is 2.84. The molecular formula is C21H20N4O3S. The number of rotatable bonds is 7. The van der Waals surface area contributed by atoms with Crippen LogP contribution >= 0.6 is 11.8 Å². The Kier molecular flexibility index (Phi) is 5.53. The van der Waals surface area contributed by atoms with E-state index in [1.165, 1.54) is 11.8 Å². The van der Waals surface area contributed by atoms with Crippen molar-refractivity contribution in [3.63, 3.8) is 0 Å². The predicted molar refractivity (Wildman–Crippen MR) is 112 cm³/mol. The number of carbonyl (C=O) groups excluding carboxylic acids is 1. The second-order valence-electron chi connectivity index (χ2n) is 6.45. The highest BCUT2D eigenvalue weighted by Crippen LogP contribution is 2.30. The summed E-state index contributed by atoms with van der Waals surface area (Å²) in [6.45, 7) is 2.25. The summed E-state index contributed by atoms with van der Waals surface area (Å²) < 4.78 is 10.9. The van der Waals surface area contributed by atoms with Crippen LogP contribution in [0.1, 0.15) is 12.5 Å². The molecule has 4 rings (SSSR count). The maximum atomic E-state index is 12.4. The average Bonchev–Trinajstić information content (AvgIpc) is 3.39. The van der Waals surface area contributed by atoms with Crippen molar-refractivity contribution in [1.82, 2.24) is 20.5 Å². The Morgan fingerprint density at radius 2 is 2.00 bits per heavy atom. The van der Waals surface area contributed by atoms with Crippen LogP contribution in [-0.2, 0) is 11.3 Å². The van der Waals surface area contributed by atoms with E-state index in [1.54, 1.807) is 7.11 Å². The fourth-order valence-corrected chi connectivity index (χ4v) is 3.60. The van der Waals surface area contributed by atoms with Gasteiger partial charge in [0.1, 0.15) is 5.75 Å². The molecule has 2 aromatic heterocycles. The fraction of sp³-hybridized carbons (Fsp3) is 0.190. The molecular weight excluding hydrogens is 388 g/mol. The SMILES string of the molecule is COc1ccc(CNC(=O)[C@H](C)Sc2nnc(-c3c[nH]c4ccccc34)o2)cc1. The number of ether oxygens (including phenoxy) is 1. The van der Waals surface area contributed by atoms with E-state index in [0.29, 0.717) is 17.7 Å². The van der Waals surface area contributed by atoms with Gasteiger partial charge in [-0.3, -0.25) is 4.79 Å². The first-order valence-electron chi connectivity index (χ1n) is 9.11. The molecule has 2 heterocycles. The summed E-state index contributed by atoms with van der Waals surface area (Å²) in [5.74, 6) is 1.11. The predicted octanol–water partition coefficient (Wildman–Crippen LogP) is 4.02. The van der Waals surface area contributed by atoms with E-state index in [2.05, 4.69) is 20.5 Å². The maximum Gasteiger partial charge on any atom is 0.277 e. The van der Waals surface area contributed by atoms with Crippen LogP contribution in [0.25, 0.3) is 22.4 Å². The van der Waals surface area contributed by atoms with Gasteiger partial charge in [0.2, 0.25) is 5.91 Å². The Balaban J connectivity index is 1.37. The molecule has 0 spiro atoms. The lowest BCUT2D eigenvalue weighted by atomic mass is 10.2. The lowest BCUT2D eigenvalue weighted by Gasteiger charge is -2.10. The molecule has 0 bridgehead atoms. The van der Waals surface area contributed by atoms with Gasteiger partial charge in [0.15, 0.2) is 0 Å².